The van der Waals surface area contributed by atoms with Gasteiger partial charge in [0, 0.05) is 6.54 Å². The fraction of sp³-hybridized carbons (Fsp3) is 0.923. The maximum Gasteiger partial charge on any atom is 0.462 e. The molecule has 0 aromatic heterocycles. The van der Waals surface area contributed by atoms with E-state index in [1.54, 1.807) is 0 Å². The lowest BCUT2D eigenvalue weighted by Gasteiger charge is -2.40. The minimum absolute atomic E-state index is 0.0284. The molecule has 0 unspecified atom stereocenters. The highest BCUT2D eigenvalue weighted by atomic mass is 19.4. The van der Waals surface area contributed by atoms with E-state index >= 15 is 0 Å². The number of carbonyl (C=O) groups excluding carboxylic acids is 1. The quantitative estimate of drug-likeness (QED) is 0.277. The minimum Gasteiger partial charge on any atom is -0.351 e. The first kappa shape index (κ1) is 32.2. The summed E-state index contributed by atoms with van der Waals surface area (Å²) in [7, 11) is 0. The van der Waals surface area contributed by atoms with Crippen molar-refractivity contribution in [3.63, 3.8) is 0 Å². The molecule has 34 heavy (non-hydrogen) atoms. The molecule has 0 aromatic carbocycles. The van der Waals surface area contributed by atoms with Crippen molar-refractivity contribution in [2.75, 3.05) is 6.54 Å². The molecule has 0 saturated carbocycles. The second-order valence-electron chi connectivity index (χ2n) is 6.11. The summed E-state index contributed by atoms with van der Waals surface area (Å²) in [4.78, 5) is 11.3. The smallest absolute Gasteiger partial charge is 0.351 e. The average molecular weight is 551 g/mol. The number of carbonyl (C=O) groups is 1. The summed E-state index contributed by atoms with van der Waals surface area (Å²) in [5.41, 5.74) is 0. The third kappa shape index (κ3) is 5.88. The lowest BCUT2D eigenvalue weighted by atomic mass is 10.2. The second-order valence-corrected chi connectivity index (χ2v) is 6.11. The number of rotatable bonds is 10. The van der Waals surface area contributed by atoms with Gasteiger partial charge < -0.3 is 5.32 Å². The van der Waals surface area contributed by atoms with Crippen LogP contribution in [0.3, 0.4) is 0 Å². The zero-order valence-corrected chi connectivity index (χ0v) is 15.8. The summed E-state index contributed by atoms with van der Waals surface area (Å²) < 4.78 is 223. The van der Waals surface area contributed by atoms with Crippen molar-refractivity contribution in [1.29, 1.82) is 0 Å². The fourth-order valence-corrected chi connectivity index (χ4v) is 1.66. The van der Waals surface area contributed by atoms with Crippen LogP contribution in [0.4, 0.5) is 74.6 Å². The van der Waals surface area contributed by atoms with Crippen LogP contribution in [0.2, 0.25) is 0 Å². The molecular weight excluding hydrogens is 541 g/mol. The molecule has 0 aliphatic rings. The summed E-state index contributed by atoms with van der Waals surface area (Å²) in [6.07, 6.45) is -38.6. The summed E-state index contributed by atoms with van der Waals surface area (Å²) in [6.45, 7) is 0.316. The minimum atomic E-state index is -8.01. The number of hydrogen-bond donors (Lipinski definition) is 1. The first-order chi connectivity index (χ1) is 14.6. The zero-order chi connectivity index (χ0) is 27.8. The van der Waals surface area contributed by atoms with Gasteiger partial charge in [0.05, 0.1) is 0 Å². The maximum absolute atomic E-state index is 14.0. The van der Waals surface area contributed by atoms with E-state index in [0.717, 1.165) is 5.32 Å². The highest BCUT2D eigenvalue weighted by Crippen LogP contribution is 2.56. The first-order valence-corrected chi connectivity index (χ1v) is 8.04. The van der Waals surface area contributed by atoms with Crippen molar-refractivity contribution in [1.82, 2.24) is 5.32 Å². The standard InChI is InChI=1S/C13H10F17NO3/c1-2-3-4-31-5(32)6(14,9(18,19)20)33-13(29,30)8(17,11(24,25)26)34-12(27,28)7(15,16)10(21,22)23/h2-4H2,1H3,(H,31,32)/t6-,8+/m1/s1. The van der Waals surface area contributed by atoms with Crippen LogP contribution in [-0.2, 0) is 14.3 Å². The van der Waals surface area contributed by atoms with Crippen LogP contribution < -0.4 is 5.32 Å². The Morgan fingerprint density at radius 3 is 1.41 bits per heavy atom. The monoisotopic (exact) mass is 551 g/mol. The largest absolute Gasteiger partial charge is 0.462 e. The molecule has 204 valence electrons. The molecule has 0 rings (SSSR count). The van der Waals surface area contributed by atoms with Crippen molar-refractivity contribution in [2.24, 2.45) is 0 Å². The molecule has 0 aromatic rings. The van der Waals surface area contributed by atoms with Gasteiger partial charge in [0.25, 0.3) is 5.91 Å². The number of amides is 1. The molecule has 0 saturated heterocycles. The molecule has 0 bridgehead atoms. The van der Waals surface area contributed by atoms with Crippen LogP contribution in [-0.4, -0.2) is 60.8 Å². The number of ether oxygens (including phenoxy) is 2. The molecule has 4 nitrogen and oxygen atoms in total. The van der Waals surface area contributed by atoms with Gasteiger partial charge in [-0.05, 0) is 6.42 Å². The summed E-state index contributed by atoms with van der Waals surface area (Å²) >= 11 is 0. The molecule has 2 atom stereocenters. The van der Waals surface area contributed by atoms with Crippen LogP contribution >= 0.6 is 0 Å². The molecule has 0 aliphatic carbocycles. The van der Waals surface area contributed by atoms with Crippen LogP contribution in [0.25, 0.3) is 0 Å². The molecule has 21 heteroatoms. The molecule has 0 fully saturated rings. The van der Waals surface area contributed by atoms with Gasteiger partial charge in [-0.2, -0.15) is 74.6 Å². The van der Waals surface area contributed by atoms with Crippen molar-refractivity contribution in [2.45, 2.75) is 68.1 Å². The Bertz CT molecular complexity index is 715. The molecule has 0 radical (unpaired) electrons. The Labute approximate surface area is 176 Å². The van der Waals surface area contributed by atoms with E-state index in [9.17, 15) is 79.4 Å². The predicted molar refractivity (Wildman–Crippen MR) is 70.8 cm³/mol. The van der Waals surface area contributed by atoms with Crippen molar-refractivity contribution >= 4 is 5.91 Å². The van der Waals surface area contributed by atoms with Gasteiger partial charge in [-0.25, -0.2) is 0 Å². The van der Waals surface area contributed by atoms with Crippen LogP contribution in [0.1, 0.15) is 19.8 Å². The molecular formula is C13H10F17NO3. The van der Waals surface area contributed by atoms with E-state index in [-0.39, 0.29) is 12.8 Å². The lowest BCUT2D eigenvalue weighted by molar-refractivity contribution is -0.548. The van der Waals surface area contributed by atoms with E-state index in [2.05, 4.69) is 0 Å². The highest BCUT2D eigenvalue weighted by molar-refractivity contribution is 5.84. The molecule has 0 heterocycles. The van der Waals surface area contributed by atoms with Crippen molar-refractivity contribution in [3.8, 4) is 0 Å². The van der Waals surface area contributed by atoms with Gasteiger partial charge in [0.15, 0.2) is 0 Å². The van der Waals surface area contributed by atoms with E-state index in [1.807, 2.05) is 4.74 Å². The van der Waals surface area contributed by atoms with Crippen molar-refractivity contribution < 1.29 is 88.9 Å². The number of halogens is 17. The molecule has 1 N–H and O–H groups in total. The van der Waals surface area contributed by atoms with Gasteiger partial charge >= 0.3 is 48.4 Å². The molecule has 0 spiro atoms. The molecule has 0 aliphatic heterocycles. The van der Waals surface area contributed by atoms with Gasteiger partial charge in [-0.15, -0.1) is 0 Å². The summed E-state index contributed by atoms with van der Waals surface area (Å²) in [5, 5.41) is 0.882. The Balaban J connectivity index is 6.61. The van der Waals surface area contributed by atoms with Crippen molar-refractivity contribution in [3.05, 3.63) is 0 Å². The topological polar surface area (TPSA) is 47.6 Å². The first-order valence-electron chi connectivity index (χ1n) is 8.04. The molecule has 1 amide bonds. The van der Waals surface area contributed by atoms with Gasteiger partial charge in [0.2, 0.25) is 0 Å². The Morgan fingerprint density at radius 2 is 1.09 bits per heavy atom. The third-order valence-electron chi connectivity index (χ3n) is 3.47. The number of hydrogen-bond acceptors (Lipinski definition) is 3. The van der Waals surface area contributed by atoms with E-state index in [0.29, 0.717) is 0 Å². The van der Waals surface area contributed by atoms with Crippen LogP contribution in [0.5, 0.6) is 0 Å². The van der Waals surface area contributed by atoms with Gasteiger partial charge in [-0.3, -0.25) is 14.3 Å². The fourth-order valence-electron chi connectivity index (χ4n) is 1.66. The Kier molecular flexibility index (Phi) is 8.84. The number of nitrogens with one attached hydrogen (secondary N) is 1. The van der Waals surface area contributed by atoms with E-state index < -0.39 is 60.8 Å². The SMILES string of the molecule is CCCCNC(=O)[C@@](F)(OC(F)(F)[C@@](F)(OC(F)(F)C(F)(F)C(F)(F)F)C(F)(F)F)C(F)(F)F. The maximum atomic E-state index is 14.0. The summed E-state index contributed by atoms with van der Waals surface area (Å²) in [5.74, 6) is -25.9. The lowest BCUT2D eigenvalue weighted by Crippen LogP contribution is -2.68. The average Bonchev–Trinajstić information content (AvgIpc) is 2.57. The second kappa shape index (κ2) is 9.34. The van der Waals surface area contributed by atoms with E-state index in [1.165, 1.54) is 11.7 Å². The van der Waals surface area contributed by atoms with Crippen LogP contribution in [0, 0.1) is 0 Å². The third-order valence-corrected chi connectivity index (χ3v) is 3.47. The number of unbranched alkanes of at least 4 members (excludes halogenated alkanes) is 1. The normalized spacial score (nSPS) is 18.3. The summed E-state index contributed by atoms with van der Waals surface area (Å²) in [6, 6.07) is 0. The zero-order valence-electron chi connectivity index (χ0n) is 15.8. The van der Waals surface area contributed by atoms with Crippen LogP contribution in [0.15, 0.2) is 0 Å². The number of alkyl halides is 17. The Hall–Kier alpha value is -1.80. The predicted octanol–water partition coefficient (Wildman–Crippen LogP) is 5.78. The van der Waals surface area contributed by atoms with Gasteiger partial charge in [0.1, 0.15) is 0 Å². The van der Waals surface area contributed by atoms with E-state index in [4.69, 9.17) is 0 Å². The highest BCUT2D eigenvalue weighted by Gasteiger charge is 2.85. The Morgan fingerprint density at radius 1 is 0.647 bits per heavy atom. The van der Waals surface area contributed by atoms with Gasteiger partial charge in [-0.1, -0.05) is 13.3 Å².